The van der Waals surface area contributed by atoms with Crippen molar-refractivity contribution in [3.63, 3.8) is 0 Å². The molecule has 200 valence electrons. The summed E-state index contributed by atoms with van der Waals surface area (Å²) in [5, 5.41) is 15.0. The van der Waals surface area contributed by atoms with Crippen molar-refractivity contribution in [1.82, 2.24) is 14.8 Å². The molecule has 0 atom stereocenters. The van der Waals surface area contributed by atoms with E-state index in [4.69, 9.17) is 21.4 Å². The van der Waals surface area contributed by atoms with Gasteiger partial charge in [0.05, 0.1) is 36.1 Å². The second kappa shape index (κ2) is 10.1. The lowest BCUT2D eigenvalue weighted by Gasteiger charge is -2.58. The molecule has 2 aliphatic carbocycles. The number of nitrogens with zero attached hydrogens (tertiary/aromatic N) is 3. The number of aromatic nitrogens is 3. The highest BCUT2D eigenvalue weighted by molar-refractivity contribution is 6.36. The van der Waals surface area contributed by atoms with E-state index in [9.17, 15) is 9.59 Å². The molecule has 0 bridgehead atoms. The van der Waals surface area contributed by atoms with Gasteiger partial charge < -0.3 is 9.84 Å². The second-order valence-corrected chi connectivity index (χ2v) is 11.6. The minimum Gasteiger partial charge on any atom is -0.481 e. The quantitative estimate of drug-likeness (QED) is 0.237. The van der Waals surface area contributed by atoms with Crippen molar-refractivity contribution in [3.05, 3.63) is 76.9 Å². The molecule has 2 aromatic heterocycles. The fourth-order valence-corrected chi connectivity index (χ4v) is 6.93. The highest BCUT2D eigenvalue weighted by atomic mass is 35.5. The van der Waals surface area contributed by atoms with Crippen LogP contribution in [0, 0.1) is 17.3 Å². The third-order valence-corrected chi connectivity index (χ3v) is 8.72. The van der Waals surface area contributed by atoms with Crippen LogP contribution in [0.15, 0.2) is 60.8 Å². The molecule has 4 aromatic rings. The molecule has 0 aliphatic heterocycles. The minimum atomic E-state index is -0.714. The first-order chi connectivity index (χ1) is 18.8. The molecule has 1 N–H and O–H groups in total. The maximum absolute atomic E-state index is 13.5. The molecule has 39 heavy (non-hydrogen) atoms. The first-order valence-electron chi connectivity index (χ1n) is 13.3. The lowest BCUT2D eigenvalue weighted by molar-refractivity contribution is -0.142. The van der Waals surface area contributed by atoms with Gasteiger partial charge in [0, 0.05) is 35.4 Å². The first kappa shape index (κ1) is 25.6. The lowest BCUT2D eigenvalue weighted by atomic mass is 9.47. The Morgan fingerprint density at radius 2 is 1.74 bits per heavy atom. The van der Waals surface area contributed by atoms with Gasteiger partial charge in [-0.15, -0.1) is 0 Å². The summed E-state index contributed by atoms with van der Waals surface area (Å²) in [5.74, 6) is 0.613. The zero-order valence-electron chi connectivity index (χ0n) is 21.8. The number of hydrogen-bond donors (Lipinski definition) is 1. The van der Waals surface area contributed by atoms with E-state index in [2.05, 4.69) is 10.1 Å². The van der Waals surface area contributed by atoms with Crippen molar-refractivity contribution < 1.29 is 19.4 Å². The van der Waals surface area contributed by atoms with Crippen molar-refractivity contribution >= 4 is 34.3 Å². The number of carbonyl (C=O) groups is 2. The van der Waals surface area contributed by atoms with Crippen LogP contribution in [0.4, 0.5) is 0 Å². The van der Waals surface area contributed by atoms with Gasteiger partial charge >= 0.3 is 5.97 Å². The topological polar surface area (TPSA) is 94.3 Å². The molecule has 7 nitrogen and oxygen atoms in total. The number of carboxylic acid groups (broad SMARTS) is 1. The standard InChI is InChI=1S/C31H30ClN3O4/c1-39-28-4-2-3-26(34-28)22-7-5-19(6-8-22)18-35-30-23(9-10-25(32)24(30)17-33-35)27(36)11-20-13-31(14-20)15-21(16-31)12-29(37)38/h2-10,17,20-21H,11-16,18H2,1H3,(H,37,38). The predicted octanol–water partition coefficient (Wildman–Crippen LogP) is 6.66. The van der Waals surface area contributed by atoms with Crippen LogP contribution in [0.5, 0.6) is 5.88 Å². The number of hydrogen-bond acceptors (Lipinski definition) is 5. The van der Waals surface area contributed by atoms with Gasteiger partial charge in [-0.2, -0.15) is 5.10 Å². The zero-order chi connectivity index (χ0) is 27.1. The largest absolute Gasteiger partial charge is 0.481 e. The van der Waals surface area contributed by atoms with Crippen LogP contribution < -0.4 is 4.74 Å². The Morgan fingerprint density at radius 1 is 1.03 bits per heavy atom. The maximum Gasteiger partial charge on any atom is 0.303 e. The smallest absolute Gasteiger partial charge is 0.303 e. The number of aliphatic carboxylic acids is 1. The molecular formula is C31H30ClN3O4. The Labute approximate surface area is 231 Å². The number of carbonyl (C=O) groups excluding carboxylic acids is 1. The molecule has 0 amide bonds. The van der Waals surface area contributed by atoms with Crippen molar-refractivity contribution in [2.45, 2.75) is 45.1 Å². The molecule has 2 aliphatic rings. The molecule has 0 unspecified atom stereocenters. The molecule has 2 heterocycles. The van der Waals surface area contributed by atoms with Gasteiger partial charge in [-0.25, -0.2) is 4.98 Å². The van der Waals surface area contributed by atoms with Crippen molar-refractivity contribution in [2.75, 3.05) is 7.11 Å². The normalized spacial score (nSPS) is 21.9. The third-order valence-electron chi connectivity index (χ3n) is 8.39. The third kappa shape index (κ3) is 5.03. The fraction of sp³-hybridized carbons (Fsp3) is 0.355. The fourth-order valence-electron chi connectivity index (χ4n) is 6.73. The summed E-state index contributed by atoms with van der Waals surface area (Å²) in [6, 6.07) is 17.4. The SMILES string of the molecule is COc1cccc(-c2ccc(Cn3ncc4c(Cl)ccc(C(=O)CC5CC6(CC(CC(=O)O)C6)C5)c43)cc2)n1. The van der Waals surface area contributed by atoms with Gasteiger partial charge in [0.25, 0.3) is 0 Å². The van der Waals surface area contributed by atoms with Crippen LogP contribution in [0.1, 0.15) is 54.4 Å². The monoisotopic (exact) mass is 543 g/mol. The van der Waals surface area contributed by atoms with Crippen molar-refractivity contribution in [2.24, 2.45) is 17.3 Å². The van der Waals surface area contributed by atoms with E-state index in [1.807, 2.05) is 53.2 Å². The summed E-state index contributed by atoms with van der Waals surface area (Å²) in [5.41, 5.74) is 4.57. The number of pyridine rings is 1. The summed E-state index contributed by atoms with van der Waals surface area (Å²) in [6.45, 7) is 0.507. The number of ether oxygens (including phenoxy) is 1. The Bertz CT molecular complexity index is 1550. The van der Waals surface area contributed by atoms with Crippen LogP contribution in [0.2, 0.25) is 5.02 Å². The van der Waals surface area contributed by atoms with E-state index in [1.54, 1.807) is 19.4 Å². The minimum absolute atomic E-state index is 0.110. The molecule has 8 heteroatoms. The zero-order valence-corrected chi connectivity index (χ0v) is 22.5. The molecule has 0 saturated heterocycles. The van der Waals surface area contributed by atoms with Gasteiger partial charge in [0.2, 0.25) is 5.88 Å². The highest BCUT2D eigenvalue weighted by Gasteiger charge is 2.53. The van der Waals surface area contributed by atoms with E-state index >= 15 is 0 Å². The van der Waals surface area contributed by atoms with Crippen molar-refractivity contribution in [3.8, 4) is 17.1 Å². The Balaban J connectivity index is 1.16. The number of fused-ring (bicyclic) bond motifs is 1. The van der Waals surface area contributed by atoms with Gasteiger partial charge in [0.1, 0.15) is 0 Å². The second-order valence-electron chi connectivity index (χ2n) is 11.2. The molecule has 1 spiro atoms. The number of Topliss-reactive ketones (excluding diaryl/α,β-unsaturated/α-hetero) is 1. The molecule has 0 radical (unpaired) electrons. The van der Waals surface area contributed by atoms with E-state index in [-0.39, 0.29) is 17.6 Å². The van der Waals surface area contributed by atoms with Crippen LogP contribution in [0.3, 0.4) is 0 Å². The number of ketones is 1. The summed E-state index contributed by atoms with van der Waals surface area (Å²) >= 11 is 6.50. The average molecular weight is 544 g/mol. The van der Waals surface area contributed by atoms with Gasteiger partial charge in [0.15, 0.2) is 5.78 Å². The number of rotatable bonds is 9. The summed E-state index contributed by atoms with van der Waals surface area (Å²) < 4.78 is 7.10. The predicted molar refractivity (Wildman–Crippen MR) is 149 cm³/mol. The lowest BCUT2D eigenvalue weighted by Crippen LogP contribution is -2.48. The van der Waals surface area contributed by atoms with Gasteiger partial charge in [-0.05, 0) is 66.7 Å². The van der Waals surface area contributed by atoms with E-state index in [0.717, 1.165) is 53.4 Å². The average Bonchev–Trinajstić information content (AvgIpc) is 3.31. The summed E-state index contributed by atoms with van der Waals surface area (Å²) in [6.07, 6.45) is 6.48. The molecule has 2 fully saturated rings. The Morgan fingerprint density at radius 3 is 2.44 bits per heavy atom. The van der Waals surface area contributed by atoms with Gasteiger partial charge in [-0.3, -0.25) is 14.3 Å². The van der Waals surface area contributed by atoms with Gasteiger partial charge in [-0.1, -0.05) is 41.9 Å². The number of methoxy groups -OCH3 is 1. The Hall–Kier alpha value is -3.71. The first-order valence-corrected chi connectivity index (χ1v) is 13.7. The number of carboxylic acids is 1. The summed E-state index contributed by atoms with van der Waals surface area (Å²) in [7, 11) is 1.60. The van der Waals surface area contributed by atoms with Crippen LogP contribution in [0.25, 0.3) is 22.2 Å². The van der Waals surface area contributed by atoms with E-state index in [1.165, 1.54) is 0 Å². The number of benzene rings is 2. The number of halogens is 1. The van der Waals surface area contributed by atoms with E-state index < -0.39 is 5.97 Å². The Kier molecular flexibility index (Phi) is 6.63. The highest BCUT2D eigenvalue weighted by Crippen LogP contribution is 2.62. The molecular weight excluding hydrogens is 514 g/mol. The summed E-state index contributed by atoms with van der Waals surface area (Å²) in [4.78, 5) is 28.9. The maximum atomic E-state index is 13.5. The van der Waals surface area contributed by atoms with E-state index in [0.29, 0.717) is 41.3 Å². The van der Waals surface area contributed by atoms with Crippen LogP contribution in [-0.2, 0) is 11.3 Å². The van der Waals surface area contributed by atoms with Crippen LogP contribution >= 0.6 is 11.6 Å². The molecule has 2 saturated carbocycles. The molecule has 6 rings (SSSR count). The van der Waals surface area contributed by atoms with Crippen LogP contribution in [-0.4, -0.2) is 38.7 Å². The van der Waals surface area contributed by atoms with Crippen molar-refractivity contribution in [1.29, 1.82) is 0 Å². The molecule has 2 aromatic carbocycles.